The average molecular weight is 267 g/mol. The van der Waals surface area contributed by atoms with Gasteiger partial charge in [0.15, 0.2) is 0 Å². The Balaban J connectivity index is 2.35. The predicted octanol–water partition coefficient (Wildman–Crippen LogP) is -0.780. The molecule has 2 heterocycles. The molecule has 0 spiro atoms. The summed E-state index contributed by atoms with van der Waals surface area (Å²) in [6.07, 6.45) is 3.55. The molecule has 1 aliphatic rings. The number of rotatable bonds is 3. The Labute approximate surface area is 109 Å². The van der Waals surface area contributed by atoms with Gasteiger partial charge in [-0.25, -0.2) is 4.79 Å². The zero-order chi connectivity index (χ0) is 14.0. The quantitative estimate of drug-likeness (QED) is 0.665. The Morgan fingerprint density at radius 1 is 1.63 bits per heavy atom. The van der Waals surface area contributed by atoms with Gasteiger partial charge in [-0.3, -0.25) is 14.3 Å². The third-order valence-electron chi connectivity index (χ3n) is 3.18. The van der Waals surface area contributed by atoms with Crippen LogP contribution in [-0.2, 0) is 11.2 Å². The molecule has 7 heteroatoms. The van der Waals surface area contributed by atoms with Gasteiger partial charge in [-0.1, -0.05) is 6.08 Å². The zero-order valence-electron chi connectivity index (χ0n) is 10.6. The van der Waals surface area contributed by atoms with Crippen LogP contribution >= 0.6 is 0 Å². The molecule has 4 N–H and O–H groups in total. The molecule has 2 rings (SSSR count). The number of nitrogens with zero attached hydrogens (tertiary/aromatic N) is 1. The van der Waals surface area contributed by atoms with E-state index in [1.165, 1.54) is 17.0 Å². The van der Waals surface area contributed by atoms with Gasteiger partial charge in [-0.15, -0.1) is 0 Å². The number of hydrogen-bond donors (Lipinski definition) is 3. The molecule has 1 saturated heterocycles. The summed E-state index contributed by atoms with van der Waals surface area (Å²) in [4.78, 5) is 25.6. The van der Waals surface area contributed by atoms with Crippen LogP contribution in [0.4, 0.5) is 0 Å². The summed E-state index contributed by atoms with van der Waals surface area (Å²) in [6, 6.07) is 0. The lowest BCUT2D eigenvalue weighted by Crippen LogP contribution is -2.34. The number of nitrogens with two attached hydrogens (primary N) is 1. The molecule has 3 unspecified atom stereocenters. The average Bonchev–Trinajstić information content (AvgIpc) is 2.68. The van der Waals surface area contributed by atoms with Crippen molar-refractivity contribution in [1.29, 1.82) is 0 Å². The number of nitrogens with one attached hydrogen (secondary N) is 1. The number of H-pyrrole nitrogens is 1. The zero-order valence-corrected chi connectivity index (χ0v) is 10.6. The largest absolute Gasteiger partial charge is 0.405 e. The number of hydrogen-bond acceptors (Lipinski definition) is 5. The lowest BCUT2D eigenvalue weighted by molar-refractivity contribution is -0.0102. The Hall–Kier alpha value is -1.86. The van der Waals surface area contributed by atoms with E-state index in [9.17, 15) is 14.7 Å². The molecule has 0 bridgehead atoms. The van der Waals surface area contributed by atoms with E-state index in [0.29, 0.717) is 18.4 Å². The Morgan fingerprint density at radius 3 is 2.95 bits per heavy atom. The van der Waals surface area contributed by atoms with Crippen LogP contribution in [0, 0.1) is 0 Å². The van der Waals surface area contributed by atoms with Crippen molar-refractivity contribution in [2.75, 3.05) is 0 Å². The number of aliphatic hydroxyl groups excluding tert-OH is 1. The van der Waals surface area contributed by atoms with Crippen LogP contribution in [0.15, 0.2) is 28.1 Å². The molecule has 0 amide bonds. The number of aromatic nitrogens is 2. The van der Waals surface area contributed by atoms with Gasteiger partial charge in [0.05, 0.1) is 12.2 Å². The molecule has 19 heavy (non-hydrogen) atoms. The van der Waals surface area contributed by atoms with E-state index in [1.807, 2.05) is 0 Å². The summed E-state index contributed by atoms with van der Waals surface area (Å²) < 4.78 is 6.79. The first kappa shape index (κ1) is 13.6. The van der Waals surface area contributed by atoms with Gasteiger partial charge in [-0.05, 0) is 19.5 Å². The van der Waals surface area contributed by atoms with Gasteiger partial charge in [0.25, 0.3) is 5.56 Å². The van der Waals surface area contributed by atoms with Crippen LogP contribution in [-0.4, -0.2) is 26.9 Å². The fraction of sp³-hybridized carbons (Fsp3) is 0.500. The van der Waals surface area contributed by atoms with Gasteiger partial charge in [0, 0.05) is 18.2 Å². The molecule has 104 valence electrons. The molecule has 7 nitrogen and oxygen atoms in total. The summed E-state index contributed by atoms with van der Waals surface area (Å²) in [6.45, 7) is 1.74. The minimum atomic E-state index is -0.615. The standard InChI is InChI=1S/C12H17N3O4/c1-7-9(16)5-10(19-7)15-6-8(3-2-4-13)11(17)14-12(15)18/h2,4,6-7,9-10,16H,3,5,13H2,1H3,(H,14,17,18)/b4-2+. The second-order valence-corrected chi connectivity index (χ2v) is 4.55. The highest BCUT2D eigenvalue weighted by atomic mass is 16.5. The molecule has 1 fully saturated rings. The fourth-order valence-electron chi connectivity index (χ4n) is 2.05. The number of allylic oxidation sites excluding steroid dienone is 1. The van der Waals surface area contributed by atoms with Crippen LogP contribution in [0.3, 0.4) is 0 Å². The van der Waals surface area contributed by atoms with Crippen molar-refractivity contribution in [3.8, 4) is 0 Å². The van der Waals surface area contributed by atoms with Gasteiger partial charge in [-0.2, -0.15) is 0 Å². The van der Waals surface area contributed by atoms with E-state index in [0.717, 1.165) is 0 Å². The summed E-state index contributed by atoms with van der Waals surface area (Å²) in [5, 5.41) is 9.65. The van der Waals surface area contributed by atoms with E-state index in [2.05, 4.69) is 4.98 Å². The summed E-state index contributed by atoms with van der Waals surface area (Å²) in [5.74, 6) is 0. The lowest BCUT2D eigenvalue weighted by atomic mass is 10.2. The van der Waals surface area contributed by atoms with Crippen molar-refractivity contribution < 1.29 is 9.84 Å². The monoisotopic (exact) mass is 267 g/mol. The van der Waals surface area contributed by atoms with Gasteiger partial charge in [0.1, 0.15) is 6.23 Å². The normalized spacial score (nSPS) is 27.2. The van der Waals surface area contributed by atoms with Gasteiger partial charge in [0.2, 0.25) is 0 Å². The third-order valence-corrected chi connectivity index (χ3v) is 3.18. The van der Waals surface area contributed by atoms with E-state index < -0.39 is 23.6 Å². The lowest BCUT2D eigenvalue weighted by Gasteiger charge is -2.14. The van der Waals surface area contributed by atoms with Crippen LogP contribution in [0.25, 0.3) is 0 Å². The van der Waals surface area contributed by atoms with Crippen LogP contribution < -0.4 is 17.0 Å². The smallest absolute Gasteiger partial charge is 0.330 e. The first-order valence-corrected chi connectivity index (χ1v) is 6.07. The molecule has 0 radical (unpaired) electrons. The molecule has 0 saturated carbocycles. The first-order chi connectivity index (χ1) is 9.02. The van der Waals surface area contributed by atoms with E-state index in [4.69, 9.17) is 10.5 Å². The number of ether oxygens (including phenoxy) is 1. The van der Waals surface area contributed by atoms with E-state index in [1.54, 1.807) is 13.0 Å². The third kappa shape index (κ3) is 2.77. The number of aliphatic hydroxyl groups is 1. The Bertz CT molecular complexity index is 579. The second-order valence-electron chi connectivity index (χ2n) is 4.55. The molecule has 1 aromatic rings. The van der Waals surface area contributed by atoms with Crippen LogP contribution in [0.5, 0.6) is 0 Å². The van der Waals surface area contributed by atoms with Gasteiger partial charge >= 0.3 is 5.69 Å². The Morgan fingerprint density at radius 2 is 2.37 bits per heavy atom. The van der Waals surface area contributed by atoms with Crippen molar-refractivity contribution in [2.45, 2.75) is 38.2 Å². The highest BCUT2D eigenvalue weighted by Crippen LogP contribution is 2.26. The summed E-state index contributed by atoms with van der Waals surface area (Å²) in [5.41, 5.74) is 4.67. The van der Waals surface area contributed by atoms with Crippen molar-refractivity contribution >= 4 is 0 Å². The van der Waals surface area contributed by atoms with Crippen molar-refractivity contribution in [1.82, 2.24) is 9.55 Å². The Kier molecular flexibility index (Phi) is 3.87. The first-order valence-electron chi connectivity index (χ1n) is 6.07. The number of aromatic amines is 1. The molecular weight excluding hydrogens is 250 g/mol. The summed E-state index contributed by atoms with van der Waals surface area (Å²) >= 11 is 0. The molecule has 1 aliphatic heterocycles. The van der Waals surface area contributed by atoms with Crippen molar-refractivity contribution in [3.05, 3.63) is 44.9 Å². The SMILES string of the molecule is CC1OC(n2cc(C/C=C/N)c(=O)[nH]c2=O)CC1O. The van der Waals surface area contributed by atoms with Crippen molar-refractivity contribution in [3.63, 3.8) is 0 Å². The van der Waals surface area contributed by atoms with E-state index in [-0.39, 0.29) is 6.10 Å². The minimum Gasteiger partial charge on any atom is -0.405 e. The maximum Gasteiger partial charge on any atom is 0.330 e. The summed E-state index contributed by atoms with van der Waals surface area (Å²) in [7, 11) is 0. The molecule has 0 aliphatic carbocycles. The maximum absolute atomic E-state index is 11.8. The predicted molar refractivity (Wildman–Crippen MR) is 68.6 cm³/mol. The highest BCUT2D eigenvalue weighted by molar-refractivity contribution is 5.09. The van der Waals surface area contributed by atoms with Crippen LogP contribution in [0.2, 0.25) is 0 Å². The second kappa shape index (κ2) is 5.41. The molecule has 0 aromatic carbocycles. The maximum atomic E-state index is 11.8. The van der Waals surface area contributed by atoms with Gasteiger partial charge < -0.3 is 15.6 Å². The fourth-order valence-corrected chi connectivity index (χ4v) is 2.05. The minimum absolute atomic E-state index is 0.319. The topological polar surface area (TPSA) is 110 Å². The molecular formula is C12H17N3O4. The van der Waals surface area contributed by atoms with E-state index >= 15 is 0 Å². The molecule has 3 atom stereocenters. The highest BCUT2D eigenvalue weighted by Gasteiger charge is 2.32. The van der Waals surface area contributed by atoms with Crippen LogP contribution in [0.1, 0.15) is 25.1 Å². The molecule has 1 aromatic heterocycles. The van der Waals surface area contributed by atoms with Crippen molar-refractivity contribution in [2.24, 2.45) is 5.73 Å².